The molecule has 33 heavy (non-hydrogen) atoms. The average Bonchev–Trinajstić information content (AvgIpc) is 3.34. The second kappa shape index (κ2) is 9.30. The number of hydrogen-bond acceptors (Lipinski definition) is 8. The minimum Gasteiger partial charge on any atom is -0.497 e. The summed E-state index contributed by atoms with van der Waals surface area (Å²) in [6.07, 6.45) is 3.56. The van der Waals surface area contributed by atoms with Gasteiger partial charge < -0.3 is 18.7 Å². The molecule has 8 heteroatoms. The molecule has 0 aliphatic carbocycles. The van der Waals surface area contributed by atoms with E-state index in [0.717, 1.165) is 53.6 Å². The SMILES string of the molecule is COc1cc(CN2CC(Oc3ccc(-c4noc(-c5cccnc5)n4)cc3)C2)cc(OC)c1. The Bertz CT molecular complexity index is 1180. The van der Waals surface area contributed by atoms with Gasteiger partial charge in [-0.05, 0) is 54.1 Å². The quantitative estimate of drug-likeness (QED) is 0.402. The van der Waals surface area contributed by atoms with Gasteiger partial charge in [0.25, 0.3) is 5.89 Å². The molecular formula is C25H24N4O4. The van der Waals surface area contributed by atoms with Crippen molar-refractivity contribution in [1.29, 1.82) is 0 Å². The number of pyridine rings is 1. The molecule has 1 fully saturated rings. The molecule has 1 aliphatic heterocycles. The van der Waals surface area contributed by atoms with Crippen LogP contribution in [0.25, 0.3) is 22.8 Å². The zero-order chi connectivity index (χ0) is 22.6. The number of ether oxygens (including phenoxy) is 3. The molecule has 3 heterocycles. The molecule has 0 atom stereocenters. The van der Waals surface area contributed by atoms with Crippen LogP contribution >= 0.6 is 0 Å². The van der Waals surface area contributed by atoms with E-state index in [4.69, 9.17) is 18.7 Å². The molecule has 8 nitrogen and oxygen atoms in total. The van der Waals surface area contributed by atoms with E-state index >= 15 is 0 Å². The fraction of sp³-hybridized carbons (Fsp3) is 0.240. The highest BCUT2D eigenvalue weighted by atomic mass is 16.5. The van der Waals surface area contributed by atoms with Crippen molar-refractivity contribution in [3.63, 3.8) is 0 Å². The number of likely N-dealkylation sites (tertiary alicyclic amines) is 1. The van der Waals surface area contributed by atoms with Crippen LogP contribution in [0.2, 0.25) is 0 Å². The average molecular weight is 444 g/mol. The molecule has 4 aromatic rings. The molecule has 0 radical (unpaired) electrons. The summed E-state index contributed by atoms with van der Waals surface area (Å²) >= 11 is 0. The van der Waals surface area contributed by atoms with Gasteiger partial charge in [0.05, 0.1) is 19.8 Å². The number of methoxy groups -OCH3 is 2. The first-order valence-electron chi connectivity index (χ1n) is 10.7. The Balaban J connectivity index is 1.15. The van der Waals surface area contributed by atoms with Gasteiger partial charge in [-0.3, -0.25) is 9.88 Å². The van der Waals surface area contributed by atoms with Crippen molar-refractivity contribution in [2.45, 2.75) is 12.6 Å². The summed E-state index contributed by atoms with van der Waals surface area (Å²) in [4.78, 5) is 10.9. The lowest BCUT2D eigenvalue weighted by Crippen LogP contribution is -2.53. The molecule has 0 N–H and O–H groups in total. The smallest absolute Gasteiger partial charge is 0.259 e. The number of aromatic nitrogens is 3. The Morgan fingerprint density at radius 2 is 1.70 bits per heavy atom. The predicted molar refractivity (Wildman–Crippen MR) is 122 cm³/mol. The molecule has 2 aromatic heterocycles. The van der Waals surface area contributed by atoms with Crippen molar-refractivity contribution in [3.05, 3.63) is 72.6 Å². The molecule has 1 saturated heterocycles. The summed E-state index contributed by atoms with van der Waals surface area (Å²) in [5, 5.41) is 4.08. The molecule has 0 amide bonds. The van der Waals surface area contributed by atoms with Gasteiger partial charge in [0.2, 0.25) is 5.82 Å². The lowest BCUT2D eigenvalue weighted by Gasteiger charge is -2.39. The van der Waals surface area contributed by atoms with Gasteiger partial charge in [-0.1, -0.05) is 5.16 Å². The first kappa shape index (κ1) is 21.0. The Kier molecular flexibility index (Phi) is 5.91. The molecule has 0 saturated carbocycles. The Hall–Kier alpha value is -3.91. The second-order valence-electron chi connectivity index (χ2n) is 7.84. The zero-order valence-corrected chi connectivity index (χ0v) is 18.5. The van der Waals surface area contributed by atoms with Gasteiger partial charge in [0, 0.05) is 43.7 Å². The van der Waals surface area contributed by atoms with Crippen molar-refractivity contribution >= 4 is 0 Å². The standard InChI is InChI=1S/C25H24N4O4/c1-30-21-10-17(11-22(12-21)31-2)14-29-15-23(16-29)32-20-7-5-18(6-8-20)24-27-25(33-28-24)19-4-3-9-26-13-19/h3-13,23H,14-16H2,1-2H3. The van der Waals surface area contributed by atoms with E-state index in [1.807, 2.05) is 54.6 Å². The van der Waals surface area contributed by atoms with Gasteiger partial charge >= 0.3 is 0 Å². The predicted octanol–water partition coefficient (Wildman–Crippen LogP) is 4.08. The van der Waals surface area contributed by atoms with E-state index < -0.39 is 0 Å². The van der Waals surface area contributed by atoms with Crippen molar-refractivity contribution in [2.75, 3.05) is 27.3 Å². The summed E-state index contributed by atoms with van der Waals surface area (Å²) in [5.74, 6) is 3.40. The number of benzene rings is 2. The highest BCUT2D eigenvalue weighted by Crippen LogP contribution is 2.27. The summed E-state index contributed by atoms with van der Waals surface area (Å²) in [6, 6.07) is 17.4. The second-order valence-corrected chi connectivity index (χ2v) is 7.84. The van der Waals surface area contributed by atoms with Crippen LogP contribution in [-0.2, 0) is 6.54 Å². The number of rotatable bonds is 8. The molecule has 5 rings (SSSR count). The number of nitrogens with zero attached hydrogens (tertiary/aromatic N) is 4. The molecular weight excluding hydrogens is 420 g/mol. The summed E-state index contributed by atoms with van der Waals surface area (Å²) in [7, 11) is 3.32. The third-order valence-corrected chi connectivity index (χ3v) is 5.49. The highest BCUT2D eigenvalue weighted by Gasteiger charge is 2.28. The van der Waals surface area contributed by atoms with Gasteiger partial charge in [0.1, 0.15) is 23.4 Å². The molecule has 0 bridgehead atoms. The van der Waals surface area contributed by atoms with E-state index in [1.54, 1.807) is 26.6 Å². The van der Waals surface area contributed by atoms with Crippen molar-refractivity contribution in [2.24, 2.45) is 0 Å². The van der Waals surface area contributed by atoms with Crippen LogP contribution in [0.4, 0.5) is 0 Å². The Morgan fingerprint density at radius 3 is 2.36 bits per heavy atom. The van der Waals surface area contributed by atoms with Gasteiger partial charge in [-0.2, -0.15) is 4.98 Å². The maximum Gasteiger partial charge on any atom is 0.259 e. The Morgan fingerprint density at radius 1 is 0.939 bits per heavy atom. The largest absolute Gasteiger partial charge is 0.497 e. The first-order valence-corrected chi connectivity index (χ1v) is 10.7. The van der Waals surface area contributed by atoms with E-state index in [0.29, 0.717) is 11.7 Å². The van der Waals surface area contributed by atoms with Crippen LogP contribution < -0.4 is 14.2 Å². The fourth-order valence-electron chi connectivity index (χ4n) is 3.76. The third-order valence-electron chi connectivity index (χ3n) is 5.49. The van der Waals surface area contributed by atoms with Crippen LogP contribution in [0.3, 0.4) is 0 Å². The van der Waals surface area contributed by atoms with Crippen LogP contribution in [0, 0.1) is 0 Å². The fourth-order valence-corrected chi connectivity index (χ4v) is 3.76. The monoisotopic (exact) mass is 444 g/mol. The molecule has 0 unspecified atom stereocenters. The van der Waals surface area contributed by atoms with E-state index in [1.165, 1.54) is 0 Å². The van der Waals surface area contributed by atoms with Crippen LogP contribution in [0.5, 0.6) is 17.2 Å². The van der Waals surface area contributed by atoms with Crippen LogP contribution in [0.1, 0.15) is 5.56 Å². The lowest BCUT2D eigenvalue weighted by molar-refractivity contribution is 0.0145. The molecule has 168 valence electrons. The number of hydrogen-bond donors (Lipinski definition) is 0. The topological polar surface area (TPSA) is 82.7 Å². The summed E-state index contributed by atoms with van der Waals surface area (Å²) in [5.41, 5.74) is 2.81. The van der Waals surface area contributed by atoms with Crippen molar-refractivity contribution in [1.82, 2.24) is 20.0 Å². The maximum absolute atomic E-state index is 6.11. The third kappa shape index (κ3) is 4.80. The van der Waals surface area contributed by atoms with E-state index in [9.17, 15) is 0 Å². The van der Waals surface area contributed by atoms with Crippen LogP contribution in [-0.4, -0.2) is 53.4 Å². The van der Waals surface area contributed by atoms with Crippen molar-refractivity contribution < 1.29 is 18.7 Å². The lowest BCUT2D eigenvalue weighted by atomic mass is 10.1. The van der Waals surface area contributed by atoms with Gasteiger partial charge in [-0.15, -0.1) is 0 Å². The van der Waals surface area contributed by atoms with Crippen LogP contribution in [0.15, 0.2) is 71.5 Å². The van der Waals surface area contributed by atoms with E-state index in [2.05, 4.69) is 20.0 Å². The first-order chi connectivity index (χ1) is 16.2. The van der Waals surface area contributed by atoms with E-state index in [-0.39, 0.29) is 6.10 Å². The normalized spacial score (nSPS) is 14.0. The van der Waals surface area contributed by atoms with Gasteiger partial charge in [0.15, 0.2) is 0 Å². The van der Waals surface area contributed by atoms with Crippen molar-refractivity contribution in [3.8, 4) is 40.1 Å². The Labute approximate surface area is 191 Å². The molecule has 0 spiro atoms. The maximum atomic E-state index is 6.11. The minimum absolute atomic E-state index is 0.158. The highest BCUT2D eigenvalue weighted by molar-refractivity contribution is 5.59. The summed E-state index contributed by atoms with van der Waals surface area (Å²) < 4.78 is 22.2. The summed E-state index contributed by atoms with van der Waals surface area (Å²) in [6.45, 7) is 2.55. The molecule has 2 aromatic carbocycles. The van der Waals surface area contributed by atoms with Gasteiger partial charge in [-0.25, -0.2) is 0 Å². The molecule has 1 aliphatic rings. The minimum atomic E-state index is 0.158. The zero-order valence-electron chi connectivity index (χ0n) is 18.5.